The smallest absolute Gasteiger partial charge is 0.265 e. The van der Waals surface area contributed by atoms with Crippen LogP contribution >= 0.6 is 11.6 Å². The summed E-state index contributed by atoms with van der Waals surface area (Å²) in [4.78, 5) is 12.3. The van der Waals surface area contributed by atoms with Gasteiger partial charge >= 0.3 is 0 Å². The fourth-order valence-corrected chi connectivity index (χ4v) is 2.13. The van der Waals surface area contributed by atoms with Crippen LogP contribution in [0.4, 0.5) is 10.1 Å². The monoisotopic (exact) mass is 321 g/mol. The van der Waals surface area contributed by atoms with Crippen molar-refractivity contribution < 1.29 is 13.9 Å². The van der Waals surface area contributed by atoms with Gasteiger partial charge in [0.2, 0.25) is 0 Å². The second-order valence-electron chi connectivity index (χ2n) is 4.89. The van der Waals surface area contributed by atoms with Crippen molar-refractivity contribution in [3.05, 3.63) is 58.9 Å². The topological polar surface area (TPSA) is 38.3 Å². The molecule has 0 saturated carbocycles. The van der Waals surface area contributed by atoms with Crippen LogP contribution in [0.1, 0.15) is 18.9 Å². The minimum absolute atomic E-state index is 0.0623. The van der Waals surface area contributed by atoms with Gasteiger partial charge in [-0.3, -0.25) is 4.79 Å². The lowest BCUT2D eigenvalue weighted by Gasteiger charge is -2.18. The molecule has 0 aliphatic carbocycles. The van der Waals surface area contributed by atoms with E-state index >= 15 is 0 Å². The Kier molecular flexibility index (Phi) is 5.39. The van der Waals surface area contributed by atoms with Crippen molar-refractivity contribution in [1.29, 1.82) is 0 Å². The summed E-state index contributed by atoms with van der Waals surface area (Å²) in [6.07, 6.45) is -0.366. The molecule has 0 fully saturated rings. The predicted molar refractivity (Wildman–Crippen MR) is 85.9 cm³/mol. The van der Waals surface area contributed by atoms with E-state index in [1.54, 1.807) is 31.2 Å². The van der Waals surface area contributed by atoms with E-state index in [0.717, 1.165) is 5.56 Å². The van der Waals surface area contributed by atoms with Crippen molar-refractivity contribution in [1.82, 2.24) is 0 Å². The number of halogens is 2. The van der Waals surface area contributed by atoms with Gasteiger partial charge in [0.25, 0.3) is 5.91 Å². The lowest BCUT2D eigenvalue weighted by atomic mass is 10.2. The van der Waals surface area contributed by atoms with Crippen LogP contribution in [0, 0.1) is 12.7 Å². The number of anilines is 1. The van der Waals surface area contributed by atoms with Crippen LogP contribution < -0.4 is 10.1 Å². The number of carbonyl (C=O) groups is 1. The number of amides is 1. The zero-order valence-electron chi connectivity index (χ0n) is 12.4. The van der Waals surface area contributed by atoms with E-state index in [1.807, 2.05) is 13.0 Å². The summed E-state index contributed by atoms with van der Waals surface area (Å²) in [7, 11) is 0. The van der Waals surface area contributed by atoms with Gasteiger partial charge in [0.15, 0.2) is 17.7 Å². The normalized spacial score (nSPS) is 11.8. The SMILES string of the molecule is CC[C@H](Oc1ccccc1F)C(=O)Nc1cc(Cl)ccc1C. The largest absolute Gasteiger partial charge is 0.478 e. The molecule has 0 bridgehead atoms. The Morgan fingerprint density at radius 2 is 2.05 bits per heavy atom. The van der Waals surface area contributed by atoms with E-state index in [4.69, 9.17) is 16.3 Å². The minimum Gasteiger partial charge on any atom is -0.478 e. The summed E-state index contributed by atoms with van der Waals surface area (Å²) in [5.41, 5.74) is 1.51. The molecule has 0 aromatic heterocycles. The molecule has 3 nitrogen and oxygen atoms in total. The Hall–Kier alpha value is -2.07. The molecular formula is C17H17ClFNO2. The lowest BCUT2D eigenvalue weighted by Crippen LogP contribution is -2.32. The number of hydrogen-bond acceptors (Lipinski definition) is 2. The molecule has 2 aromatic carbocycles. The molecule has 5 heteroatoms. The van der Waals surface area contributed by atoms with Gasteiger partial charge in [-0.1, -0.05) is 36.7 Å². The highest BCUT2D eigenvalue weighted by molar-refractivity contribution is 6.31. The highest BCUT2D eigenvalue weighted by Gasteiger charge is 2.20. The van der Waals surface area contributed by atoms with Crippen LogP contribution in [0.25, 0.3) is 0 Å². The van der Waals surface area contributed by atoms with E-state index < -0.39 is 11.9 Å². The third kappa shape index (κ3) is 3.98. The molecule has 0 saturated heterocycles. The van der Waals surface area contributed by atoms with Gasteiger partial charge in [-0.25, -0.2) is 4.39 Å². The van der Waals surface area contributed by atoms with E-state index in [1.165, 1.54) is 12.1 Å². The van der Waals surface area contributed by atoms with Crippen molar-refractivity contribution in [2.24, 2.45) is 0 Å². The standard InChI is InChI=1S/C17H17ClFNO2/c1-3-15(22-16-7-5-4-6-13(16)19)17(21)20-14-10-12(18)9-8-11(14)2/h4-10,15H,3H2,1-2H3,(H,20,21)/t15-/m0/s1. The lowest BCUT2D eigenvalue weighted by molar-refractivity contribution is -0.122. The van der Waals surface area contributed by atoms with E-state index in [0.29, 0.717) is 17.1 Å². The van der Waals surface area contributed by atoms with Crippen LogP contribution in [0.3, 0.4) is 0 Å². The Bertz CT molecular complexity index is 675. The number of ether oxygens (including phenoxy) is 1. The van der Waals surface area contributed by atoms with Crippen LogP contribution in [-0.4, -0.2) is 12.0 Å². The van der Waals surface area contributed by atoms with Gasteiger partial charge in [0.1, 0.15) is 0 Å². The van der Waals surface area contributed by atoms with Crippen LogP contribution in [0.15, 0.2) is 42.5 Å². The molecule has 0 aliphatic rings. The molecule has 2 rings (SSSR count). The molecule has 116 valence electrons. The molecule has 0 heterocycles. The number of carbonyl (C=O) groups excluding carboxylic acids is 1. The fraction of sp³-hybridized carbons (Fsp3) is 0.235. The van der Waals surface area contributed by atoms with Gasteiger partial charge in [0, 0.05) is 10.7 Å². The Labute approximate surface area is 134 Å². The van der Waals surface area contributed by atoms with Gasteiger partial charge in [0.05, 0.1) is 0 Å². The zero-order chi connectivity index (χ0) is 16.1. The first-order valence-electron chi connectivity index (χ1n) is 6.99. The Morgan fingerprint density at radius 3 is 2.73 bits per heavy atom. The van der Waals surface area contributed by atoms with Crippen molar-refractivity contribution in [2.75, 3.05) is 5.32 Å². The predicted octanol–water partition coefficient (Wildman–Crippen LogP) is 4.58. The molecule has 0 aliphatic heterocycles. The first kappa shape index (κ1) is 16.3. The van der Waals surface area contributed by atoms with Crippen molar-refractivity contribution in [3.63, 3.8) is 0 Å². The number of nitrogens with one attached hydrogen (secondary N) is 1. The van der Waals surface area contributed by atoms with Crippen molar-refractivity contribution in [3.8, 4) is 5.75 Å². The van der Waals surface area contributed by atoms with Gasteiger partial charge in [-0.05, 0) is 43.2 Å². The number of para-hydroxylation sites is 1. The summed E-state index contributed by atoms with van der Waals surface area (Å²) in [5.74, 6) is -0.767. The molecule has 22 heavy (non-hydrogen) atoms. The first-order chi connectivity index (χ1) is 10.5. The Balaban J connectivity index is 2.12. The summed E-state index contributed by atoms with van der Waals surface area (Å²) in [6, 6.07) is 11.3. The molecule has 0 unspecified atom stereocenters. The summed E-state index contributed by atoms with van der Waals surface area (Å²) in [6.45, 7) is 3.67. The average Bonchev–Trinajstić information content (AvgIpc) is 2.50. The molecular weight excluding hydrogens is 305 g/mol. The number of benzene rings is 2. The molecule has 0 radical (unpaired) electrons. The van der Waals surface area contributed by atoms with E-state index in [-0.39, 0.29) is 11.7 Å². The maximum absolute atomic E-state index is 13.6. The second-order valence-corrected chi connectivity index (χ2v) is 5.33. The summed E-state index contributed by atoms with van der Waals surface area (Å²) < 4.78 is 19.1. The Morgan fingerprint density at radius 1 is 1.32 bits per heavy atom. The fourth-order valence-electron chi connectivity index (χ4n) is 1.96. The highest BCUT2D eigenvalue weighted by Crippen LogP contribution is 2.22. The van der Waals surface area contributed by atoms with Gasteiger partial charge < -0.3 is 10.1 Å². The van der Waals surface area contributed by atoms with E-state index in [2.05, 4.69) is 5.32 Å². The molecule has 1 N–H and O–H groups in total. The summed E-state index contributed by atoms with van der Waals surface area (Å²) >= 11 is 5.93. The molecule has 1 amide bonds. The minimum atomic E-state index is -0.782. The number of rotatable bonds is 5. The number of aryl methyl sites for hydroxylation is 1. The maximum Gasteiger partial charge on any atom is 0.265 e. The summed E-state index contributed by atoms with van der Waals surface area (Å²) in [5, 5.41) is 3.30. The second kappa shape index (κ2) is 7.27. The number of hydrogen-bond donors (Lipinski definition) is 1. The van der Waals surface area contributed by atoms with Crippen molar-refractivity contribution >= 4 is 23.2 Å². The first-order valence-corrected chi connectivity index (χ1v) is 7.37. The van der Waals surface area contributed by atoms with E-state index in [9.17, 15) is 9.18 Å². The quantitative estimate of drug-likeness (QED) is 0.875. The maximum atomic E-state index is 13.6. The van der Waals surface area contributed by atoms with Crippen LogP contribution in [-0.2, 0) is 4.79 Å². The molecule has 0 spiro atoms. The van der Waals surface area contributed by atoms with Crippen molar-refractivity contribution in [2.45, 2.75) is 26.4 Å². The van der Waals surface area contributed by atoms with Gasteiger partial charge in [-0.2, -0.15) is 0 Å². The average molecular weight is 322 g/mol. The van der Waals surface area contributed by atoms with Crippen LogP contribution in [0.5, 0.6) is 5.75 Å². The van der Waals surface area contributed by atoms with Crippen LogP contribution in [0.2, 0.25) is 5.02 Å². The third-order valence-corrected chi connectivity index (χ3v) is 3.46. The zero-order valence-corrected chi connectivity index (χ0v) is 13.2. The molecule has 2 aromatic rings. The highest BCUT2D eigenvalue weighted by atomic mass is 35.5. The van der Waals surface area contributed by atoms with Gasteiger partial charge in [-0.15, -0.1) is 0 Å². The third-order valence-electron chi connectivity index (χ3n) is 3.23. The molecule has 1 atom stereocenters.